The Morgan fingerprint density at radius 2 is 1.90 bits per heavy atom. The van der Waals surface area contributed by atoms with Crippen LogP contribution in [0.3, 0.4) is 0 Å². The first-order chi connectivity index (χ1) is 9.85. The van der Waals surface area contributed by atoms with Gasteiger partial charge in [0.15, 0.2) is 0 Å². The number of benzene rings is 2. The molecule has 0 saturated carbocycles. The number of nitrogens with one attached hydrogen (secondary N) is 1. The Labute approximate surface area is 144 Å². The lowest BCUT2D eigenvalue weighted by Gasteiger charge is -2.31. The highest BCUT2D eigenvalue weighted by Crippen LogP contribution is 2.32. The fourth-order valence-corrected chi connectivity index (χ4v) is 2.81. The van der Waals surface area contributed by atoms with Crippen LogP contribution in [0, 0.1) is 5.82 Å². The quantitative estimate of drug-likeness (QED) is 0.678. The third kappa shape index (κ3) is 3.77. The number of aliphatic hydroxyl groups is 1. The Morgan fingerprint density at radius 1 is 1.19 bits per heavy atom. The second-order valence-corrected chi connectivity index (χ2v) is 6.99. The Kier molecular flexibility index (Phi) is 5.30. The van der Waals surface area contributed by atoms with E-state index in [1.165, 1.54) is 6.07 Å². The number of aliphatic hydroxyl groups excluding tert-OH is 1. The van der Waals surface area contributed by atoms with E-state index in [4.69, 9.17) is 11.6 Å². The standard InChI is InChI=1S/C15H13Br2ClFNO/c1-15(8-21,9-2-5-14(19)12(17)6-9)20-10-3-4-13(18)11(16)7-10/h2-7,20-21H,8H2,1H3. The van der Waals surface area contributed by atoms with E-state index in [1.807, 2.05) is 19.1 Å². The topological polar surface area (TPSA) is 32.3 Å². The molecule has 2 N–H and O–H groups in total. The van der Waals surface area contributed by atoms with Crippen LogP contribution in [0.15, 0.2) is 45.3 Å². The van der Waals surface area contributed by atoms with Gasteiger partial charge in [-0.15, -0.1) is 0 Å². The number of rotatable bonds is 4. The second kappa shape index (κ2) is 6.65. The van der Waals surface area contributed by atoms with Gasteiger partial charge < -0.3 is 10.4 Å². The molecule has 0 saturated heterocycles. The minimum absolute atomic E-state index is 0.148. The normalized spacial score (nSPS) is 13.8. The largest absolute Gasteiger partial charge is 0.394 e. The summed E-state index contributed by atoms with van der Waals surface area (Å²) in [5.74, 6) is -0.340. The van der Waals surface area contributed by atoms with E-state index >= 15 is 0 Å². The van der Waals surface area contributed by atoms with Crippen molar-refractivity contribution in [2.24, 2.45) is 0 Å². The average Bonchev–Trinajstić information content (AvgIpc) is 2.45. The third-order valence-electron chi connectivity index (χ3n) is 3.21. The molecule has 6 heteroatoms. The molecule has 1 atom stereocenters. The highest BCUT2D eigenvalue weighted by atomic mass is 79.9. The van der Waals surface area contributed by atoms with Crippen LogP contribution >= 0.6 is 43.5 Å². The SMILES string of the molecule is CC(CO)(Nc1ccc(Cl)c(Br)c1)c1ccc(F)c(Br)c1. The van der Waals surface area contributed by atoms with Gasteiger partial charge in [0.2, 0.25) is 0 Å². The Morgan fingerprint density at radius 3 is 2.48 bits per heavy atom. The summed E-state index contributed by atoms with van der Waals surface area (Å²) in [6.45, 7) is 1.69. The molecule has 0 heterocycles. The zero-order valence-corrected chi connectivity index (χ0v) is 15.1. The molecule has 0 aliphatic carbocycles. The molecule has 0 radical (unpaired) electrons. The van der Waals surface area contributed by atoms with Gasteiger partial charge in [0, 0.05) is 10.2 Å². The highest BCUT2D eigenvalue weighted by Gasteiger charge is 2.26. The molecule has 0 aromatic heterocycles. The maximum Gasteiger partial charge on any atom is 0.137 e. The summed E-state index contributed by atoms with van der Waals surface area (Å²) in [6, 6.07) is 10.1. The van der Waals surface area contributed by atoms with E-state index in [0.717, 1.165) is 15.7 Å². The van der Waals surface area contributed by atoms with Gasteiger partial charge in [0.25, 0.3) is 0 Å². The van der Waals surface area contributed by atoms with Crippen LogP contribution in [0.25, 0.3) is 0 Å². The smallest absolute Gasteiger partial charge is 0.137 e. The van der Waals surface area contributed by atoms with E-state index in [-0.39, 0.29) is 12.4 Å². The van der Waals surface area contributed by atoms with Crippen molar-refractivity contribution in [3.8, 4) is 0 Å². The predicted octanol–water partition coefficient (Wildman–Crippen LogP) is 5.32. The molecule has 0 amide bonds. The van der Waals surface area contributed by atoms with E-state index in [0.29, 0.717) is 9.50 Å². The summed E-state index contributed by atoms with van der Waals surface area (Å²) in [6.07, 6.45) is 0. The van der Waals surface area contributed by atoms with E-state index in [1.54, 1.807) is 18.2 Å². The molecule has 0 fully saturated rings. The van der Waals surface area contributed by atoms with Gasteiger partial charge in [0.05, 0.1) is 21.6 Å². The van der Waals surface area contributed by atoms with Crippen molar-refractivity contribution >= 4 is 49.1 Å². The molecular weight excluding hydrogens is 424 g/mol. The lowest BCUT2D eigenvalue weighted by molar-refractivity contribution is 0.224. The molecule has 2 rings (SSSR count). The van der Waals surface area contributed by atoms with Crippen molar-refractivity contribution in [2.75, 3.05) is 11.9 Å². The van der Waals surface area contributed by atoms with Crippen LogP contribution < -0.4 is 5.32 Å². The first-order valence-electron chi connectivity index (χ1n) is 6.15. The van der Waals surface area contributed by atoms with Gasteiger partial charge in [-0.3, -0.25) is 0 Å². The fraction of sp³-hybridized carbons (Fsp3) is 0.200. The minimum atomic E-state index is -0.747. The number of anilines is 1. The summed E-state index contributed by atoms with van der Waals surface area (Å²) >= 11 is 12.5. The van der Waals surface area contributed by atoms with Crippen LogP contribution in [0.4, 0.5) is 10.1 Å². The van der Waals surface area contributed by atoms with Gasteiger partial charge in [-0.25, -0.2) is 4.39 Å². The highest BCUT2D eigenvalue weighted by molar-refractivity contribution is 9.10. The van der Waals surface area contributed by atoms with Gasteiger partial charge in [-0.2, -0.15) is 0 Å². The summed E-state index contributed by atoms with van der Waals surface area (Å²) in [7, 11) is 0. The zero-order valence-electron chi connectivity index (χ0n) is 11.1. The molecule has 0 bridgehead atoms. The minimum Gasteiger partial charge on any atom is -0.394 e. The molecule has 0 spiro atoms. The summed E-state index contributed by atoms with van der Waals surface area (Å²) in [5.41, 5.74) is 0.816. The summed E-state index contributed by atoms with van der Waals surface area (Å²) < 4.78 is 14.5. The molecule has 112 valence electrons. The van der Waals surface area contributed by atoms with Crippen molar-refractivity contribution < 1.29 is 9.50 Å². The molecule has 2 aromatic carbocycles. The van der Waals surface area contributed by atoms with Crippen molar-refractivity contribution in [3.63, 3.8) is 0 Å². The Balaban J connectivity index is 2.36. The Bertz CT molecular complexity index is 668. The van der Waals surface area contributed by atoms with Gasteiger partial charge >= 0.3 is 0 Å². The Hall–Kier alpha value is -0.620. The second-order valence-electron chi connectivity index (χ2n) is 4.87. The number of hydrogen-bond donors (Lipinski definition) is 2. The molecule has 2 aromatic rings. The molecule has 1 unspecified atom stereocenters. The van der Waals surface area contributed by atoms with Crippen molar-refractivity contribution in [2.45, 2.75) is 12.5 Å². The maximum atomic E-state index is 13.4. The van der Waals surface area contributed by atoms with E-state index in [2.05, 4.69) is 37.2 Å². The van der Waals surface area contributed by atoms with Crippen LogP contribution in [0.5, 0.6) is 0 Å². The van der Waals surface area contributed by atoms with Crippen LogP contribution in [-0.2, 0) is 5.54 Å². The van der Waals surface area contributed by atoms with Crippen LogP contribution in [-0.4, -0.2) is 11.7 Å². The number of hydrogen-bond acceptors (Lipinski definition) is 2. The zero-order chi connectivity index (χ0) is 15.6. The molecule has 21 heavy (non-hydrogen) atoms. The van der Waals surface area contributed by atoms with Crippen LogP contribution in [0.1, 0.15) is 12.5 Å². The summed E-state index contributed by atoms with van der Waals surface area (Å²) in [5, 5.41) is 13.6. The monoisotopic (exact) mass is 435 g/mol. The van der Waals surface area contributed by atoms with Gasteiger partial charge in [-0.1, -0.05) is 17.7 Å². The predicted molar refractivity (Wildman–Crippen MR) is 91.3 cm³/mol. The fourth-order valence-electron chi connectivity index (χ4n) is 1.93. The van der Waals surface area contributed by atoms with Crippen LogP contribution in [0.2, 0.25) is 5.02 Å². The first kappa shape index (κ1) is 16.7. The van der Waals surface area contributed by atoms with Crippen molar-refractivity contribution in [1.82, 2.24) is 0 Å². The molecular formula is C15H13Br2ClFNO. The molecule has 0 aliphatic heterocycles. The van der Waals surface area contributed by atoms with Crippen molar-refractivity contribution in [3.05, 3.63) is 61.7 Å². The lowest BCUT2D eigenvalue weighted by Crippen LogP contribution is -2.35. The number of halogens is 4. The van der Waals surface area contributed by atoms with E-state index in [9.17, 15) is 9.50 Å². The van der Waals surface area contributed by atoms with Gasteiger partial charge in [0.1, 0.15) is 5.82 Å². The van der Waals surface area contributed by atoms with Gasteiger partial charge in [-0.05, 0) is 74.7 Å². The molecule has 0 aliphatic rings. The maximum absolute atomic E-state index is 13.4. The summed E-state index contributed by atoms with van der Waals surface area (Å²) in [4.78, 5) is 0. The first-order valence-corrected chi connectivity index (χ1v) is 8.12. The van der Waals surface area contributed by atoms with Crippen molar-refractivity contribution in [1.29, 1.82) is 0 Å². The van der Waals surface area contributed by atoms with E-state index < -0.39 is 5.54 Å². The average molecular weight is 438 g/mol. The molecule has 2 nitrogen and oxygen atoms in total. The third-order valence-corrected chi connectivity index (χ3v) is 5.03. The lowest BCUT2D eigenvalue weighted by atomic mass is 9.92.